The van der Waals surface area contributed by atoms with Gasteiger partial charge in [-0.2, -0.15) is 10.1 Å². The molecule has 1 saturated carbocycles. The van der Waals surface area contributed by atoms with Gasteiger partial charge in [-0.25, -0.2) is 4.98 Å². The monoisotopic (exact) mass is 469 g/mol. The Kier molecular flexibility index (Phi) is 5.06. The molecule has 0 unspecified atom stereocenters. The van der Waals surface area contributed by atoms with Gasteiger partial charge in [0.2, 0.25) is 5.95 Å². The summed E-state index contributed by atoms with van der Waals surface area (Å²) in [5, 5.41) is 11.7. The summed E-state index contributed by atoms with van der Waals surface area (Å²) in [6, 6.07) is 1.79. The zero-order chi connectivity index (χ0) is 22.6. The molecule has 0 radical (unpaired) electrons. The zero-order valence-electron chi connectivity index (χ0n) is 18.7. The van der Waals surface area contributed by atoms with E-state index in [0.717, 1.165) is 52.1 Å². The lowest BCUT2D eigenvalue weighted by atomic mass is 9.78. The molecule has 1 aliphatic carbocycles. The number of anilines is 2. The number of aromatic nitrogens is 5. The summed E-state index contributed by atoms with van der Waals surface area (Å²) in [7, 11) is 1.78. The van der Waals surface area contributed by atoms with Crippen molar-refractivity contribution in [2.75, 3.05) is 43.1 Å². The van der Waals surface area contributed by atoms with E-state index in [4.69, 9.17) is 21.3 Å². The Labute approximate surface area is 196 Å². The molecule has 0 aromatic carbocycles. The van der Waals surface area contributed by atoms with E-state index in [1.54, 1.807) is 23.9 Å². The van der Waals surface area contributed by atoms with E-state index in [1.807, 2.05) is 0 Å². The molecule has 3 aliphatic rings. The standard InChI is InChI=1S/C23H28ClN7O2/c1-30-21(32)16-18(15-4-8-25-20(17(15)24)26-12-14-2-3-14)28-29-19(16)27-22(30)31-9-5-23(6-10-31)7-11-33-13-23/h4,8,14H,2-3,5-7,9-13H2,1H3,(H,25,26)(H,28,29). The number of nitrogens with one attached hydrogen (secondary N) is 2. The van der Waals surface area contributed by atoms with Crippen molar-refractivity contribution in [2.45, 2.75) is 32.1 Å². The Morgan fingerprint density at radius 3 is 2.85 bits per heavy atom. The van der Waals surface area contributed by atoms with Gasteiger partial charge in [0.1, 0.15) is 16.9 Å². The van der Waals surface area contributed by atoms with Gasteiger partial charge in [0.05, 0.1) is 11.6 Å². The van der Waals surface area contributed by atoms with Crippen molar-refractivity contribution >= 4 is 34.4 Å². The lowest BCUT2D eigenvalue weighted by Crippen LogP contribution is -2.43. The van der Waals surface area contributed by atoms with Crippen molar-refractivity contribution in [3.63, 3.8) is 0 Å². The van der Waals surface area contributed by atoms with Crippen LogP contribution in [0.3, 0.4) is 0 Å². The molecule has 33 heavy (non-hydrogen) atoms. The van der Waals surface area contributed by atoms with Crippen LogP contribution in [0.1, 0.15) is 32.1 Å². The largest absolute Gasteiger partial charge is 0.381 e. The SMILES string of the molecule is Cn1c(N2CCC3(CCOC3)CC2)nc2[nH]nc(-c3ccnc(NCC4CC4)c3Cl)c2c1=O. The van der Waals surface area contributed by atoms with Crippen molar-refractivity contribution in [1.82, 2.24) is 24.7 Å². The molecule has 5 heterocycles. The number of piperidine rings is 1. The van der Waals surface area contributed by atoms with Crippen LogP contribution < -0.4 is 15.8 Å². The summed E-state index contributed by atoms with van der Waals surface area (Å²) >= 11 is 6.68. The molecule has 0 bridgehead atoms. The smallest absolute Gasteiger partial charge is 0.266 e. The maximum atomic E-state index is 13.5. The van der Waals surface area contributed by atoms with E-state index in [0.29, 0.717) is 50.4 Å². The third-order valence-corrected chi connectivity index (χ3v) is 7.85. The molecule has 174 valence electrons. The van der Waals surface area contributed by atoms with Gasteiger partial charge in [-0.1, -0.05) is 11.6 Å². The van der Waals surface area contributed by atoms with Gasteiger partial charge in [0.25, 0.3) is 5.56 Å². The van der Waals surface area contributed by atoms with E-state index in [9.17, 15) is 4.79 Å². The highest BCUT2D eigenvalue weighted by atomic mass is 35.5. The van der Waals surface area contributed by atoms with Crippen molar-refractivity contribution in [2.24, 2.45) is 18.4 Å². The molecule has 1 spiro atoms. The molecule has 3 fully saturated rings. The van der Waals surface area contributed by atoms with Gasteiger partial charge in [-0.05, 0) is 49.5 Å². The third kappa shape index (κ3) is 3.67. The first kappa shape index (κ1) is 20.9. The predicted octanol–water partition coefficient (Wildman–Crippen LogP) is 3.20. The molecule has 6 rings (SSSR count). The topological polar surface area (TPSA) is 101 Å². The average molecular weight is 470 g/mol. The molecular weight excluding hydrogens is 442 g/mol. The predicted molar refractivity (Wildman–Crippen MR) is 128 cm³/mol. The molecule has 2 N–H and O–H groups in total. The normalized spacial score (nSPS) is 20.1. The molecule has 10 heteroatoms. The minimum atomic E-state index is -0.136. The van der Waals surface area contributed by atoms with E-state index < -0.39 is 0 Å². The molecule has 3 aromatic heterocycles. The fourth-order valence-corrected chi connectivity index (χ4v) is 5.33. The van der Waals surface area contributed by atoms with Gasteiger partial charge in [0, 0.05) is 45.0 Å². The van der Waals surface area contributed by atoms with Crippen LogP contribution in [-0.2, 0) is 11.8 Å². The minimum absolute atomic E-state index is 0.136. The van der Waals surface area contributed by atoms with Crippen LogP contribution in [0.15, 0.2) is 17.1 Å². The molecular formula is C23H28ClN7O2. The molecule has 2 saturated heterocycles. The van der Waals surface area contributed by atoms with Crippen molar-refractivity contribution in [3.8, 4) is 11.3 Å². The number of nitrogens with zero attached hydrogens (tertiary/aromatic N) is 5. The molecule has 2 aliphatic heterocycles. The Morgan fingerprint density at radius 2 is 2.12 bits per heavy atom. The van der Waals surface area contributed by atoms with Crippen LogP contribution in [0, 0.1) is 11.3 Å². The second-order valence-electron chi connectivity index (χ2n) is 9.71. The fraction of sp³-hybridized carbons (Fsp3) is 0.565. The Hall–Kier alpha value is -2.65. The molecule has 0 atom stereocenters. The van der Waals surface area contributed by atoms with Crippen LogP contribution in [0.4, 0.5) is 11.8 Å². The fourth-order valence-electron chi connectivity index (χ4n) is 5.07. The van der Waals surface area contributed by atoms with Crippen LogP contribution in [0.2, 0.25) is 5.02 Å². The number of ether oxygens (including phenoxy) is 1. The first-order chi connectivity index (χ1) is 16.0. The molecule has 0 amide bonds. The van der Waals surface area contributed by atoms with Gasteiger partial charge >= 0.3 is 0 Å². The summed E-state index contributed by atoms with van der Waals surface area (Å²) < 4.78 is 7.28. The number of hydrogen-bond donors (Lipinski definition) is 2. The van der Waals surface area contributed by atoms with Crippen LogP contribution in [0.25, 0.3) is 22.3 Å². The summed E-state index contributed by atoms with van der Waals surface area (Å²) in [6.45, 7) is 4.29. The zero-order valence-corrected chi connectivity index (χ0v) is 19.5. The quantitative estimate of drug-likeness (QED) is 0.591. The number of hydrogen-bond acceptors (Lipinski definition) is 7. The second kappa shape index (κ2) is 7.99. The first-order valence-corrected chi connectivity index (χ1v) is 12.1. The number of pyridine rings is 1. The average Bonchev–Trinajstić information content (AvgIpc) is 3.39. The van der Waals surface area contributed by atoms with Gasteiger partial charge in [-0.15, -0.1) is 0 Å². The maximum absolute atomic E-state index is 13.5. The number of fused-ring (bicyclic) bond motifs is 1. The number of H-pyrrole nitrogens is 1. The van der Waals surface area contributed by atoms with Gasteiger partial charge in [-0.3, -0.25) is 14.5 Å². The summed E-state index contributed by atoms with van der Waals surface area (Å²) in [5.74, 6) is 1.99. The molecule has 9 nitrogen and oxygen atoms in total. The Balaban J connectivity index is 1.33. The van der Waals surface area contributed by atoms with Crippen LogP contribution in [0.5, 0.6) is 0 Å². The van der Waals surface area contributed by atoms with Crippen LogP contribution >= 0.6 is 11.6 Å². The third-order valence-electron chi connectivity index (χ3n) is 7.47. The van der Waals surface area contributed by atoms with E-state index in [1.165, 1.54) is 12.8 Å². The van der Waals surface area contributed by atoms with Crippen molar-refractivity contribution in [3.05, 3.63) is 27.6 Å². The minimum Gasteiger partial charge on any atom is -0.381 e. The highest BCUT2D eigenvalue weighted by molar-refractivity contribution is 6.36. The first-order valence-electron chi connectivity index (χ1n) is 11.7. The van der Waals surface area contributed by atoms with E-state index in [2.05, 4.69) is 25.4 Å². The highest BCUT2D eigenvalue weighted by Crippen LogP contribution is 2.40. The highest BCUT2D eigenvalue weighted by Gasteiger charge is 2.39. The maximum Gasteiger partial charge on any atom is 0.266 e. The van der Waals surface area contributed by atoms with Gasteiger partial charge < -0.3 is 15.0 Å². The molecule has 3 aromatic rings. The summed E-state index contributed by atoms with van der Waals surface area (Å²) in [6.07, 6.45) is 7.41. The second-order valence-corrected chi connectivity index (χ2v) is 10.1. The van der Waals surface area contributed by atoms with Gasteiger partial charge in [0.15, 0.2) is 5.65 Å². The number of halogens is 1. The van der Waals surface area contributed by atoms with Crippen molar-refractivity contribution < 1.29 is 4.74 Å². The summed E-state index contributed by atoms with van der Waals surface area (Å²) in [5.41, 5.74) is 1.82. The lowest BCUT2D eigenvalue weighted by Gasteiger charge is -2.39. The summed E-state index contributed by atoms with van der Waals surface area (Å²) in [4.78, 5) is 24.8. The number of aromatic amines is 1. The van der Waals surface area contributed by atoms with Crippen molar-refractivity contribution in [1.29, 1.82) is 0 Å². The van der Waals surface area contributed by atoms with E-state index >= 15 is 0 Å². The Bertz CT molecular complexity index is 1250. The van der Waals surface area contributed by atoms with Crippen LogP contribution in [-0.4, -0.2) is 57.6 Å². The Morgan fingerprint density at radius 1 is 1.30 bits per heavy atom. The lowest BCUT2D eigenvalue weighted by molar-refractivity contribution is 0.133. The van der Waals surface area contributed by atoms with E-state index in [-0.39, 0.29) is 5.56 Å². The number of rotatable bonds is 5.